The molecule has 3 aromatic rings. The maximum absolute atomic E-state index is 13.4. The highest BCUT2D eigenvalue weighted by molar-refractivity contribution is 5.97. The molecule has 1 aromatic carbocycles. The first-order valence-electron chi connectivity index (χ1n) is 11.6. The van der Waals surface area contributed by atoms with Gasteiger partial charge in [-0.1, -0.05) is 45.0 Å². The van der Waals surface area contributed by atoms with Gasteiger partial charge in [-0.2, -0.15) is 5.10 Å². The summed E-state index contributed by atoms with van der Waals surface area (Å²) in [6.45, 7) is 7.93. The van der Waals surface area contributed by atoms with Gasteiger partial charge in [0.1, 0.15) is 11.7 Å². The van der Waals surface area contributed by atoms with Crippen molar-refractivity contribution in [3.8, 4) is 11.1 Å². The molecule has 1 aliphatic rings. The van der Waals surface area contributed by atoms with E-state index in [1.807, 2.05) is 43.0 Å². The number of nitrogens with zero attached hydrogens (tertiary/aromatic N) is 4. The second kappa shape index (κ2) is 9.98. The molecule has 1 atom stereocenters. The van der Waals surface area contributed by atoms with Crippen molar-refractivity contribution >= 4 is 11.8 Å². The van der Waals surface area contributed by atoms with Crippen LogP contribution in [0.2, 0.25) is 0 Å². The average molecular weight is 446 g/mol. The predicted octanol–water partition coefficient (Wildman–Crippen LogP) is 3.90. The number of aromatic nitrogens is 3. The molecule has 0 spiro atoms. The van der Waals surface area contributed by atoms with Gasteiger partial charge in [0.15, 0.2) is 0 Å². The molecule has 1 N–H and O–H groups in total. The Labute approximate surface area is 194 Å². The van der Waals surface area contributed by atoms with Gasteiger partial charge in [0, 0.05) is 44.1 Å². The van der Waals surface area contributed by atoms with E-state index in [9.17, 15) is 9.59 Å². The van der Waals surface area contributed by atoms with E-state index >= 15 is 0 Å². The van der Waals surface area contributed by atoms with Crippen molar-refractivity contribution in [3.63, 3.8) is 0 Å². The van der Waals surface area contributed by atoms with Crippen LogP contribution in [0.25, 0.3) is 11.1 Å². The molecule has 2 amide bonds. The van der Waals surface area contributed by atoms with E-state index in [1.165, 1.54) is 0 Å². The van der Waals surface area contributed by atoms with Gasteiger partial charge in [-0.15, -0.1) is 0 Å². The Hall–Kier alpha value is -3.48. The molecule has 1 aliphatic heterocycles. The third kappa shape index (κ3) is 4.97. The van der Waals surface area contributed by atoms with Crippen molar-refractivity contribution in [1.82, 2.24) is 25.0 Å². The summed E-state index contributed by atoms with van der Waals surface area (Å²) in [5, 5.41) is 7.19. The molecule has 3 heterocycles. The van der Waals surface area contributed by atoms with Gasteiger partial charge in [0.2, 0.25) is 5.91 Å². The smallest absolute Gasteiger partial charge is 0.275 e. The summed E-state index contributed by atoms with van der Waals surface area (Å²) in [6.07, 6.45) is 4.91. The summed E-state index contributed by atoms with van der Waals surface area (Å²) in [4.78, 5) is 34.4. The zero-order valence-electron chi connectivity index (χ0n) is 19.5. The lowest BCUT2D eigenvalue weighted by Gasteiger charge is -2.40. The summed E-state index contributed by atoms with van der Waals surface area (Å²) in [5.74, 6) is 0.0622. The van der Waals surface area contributed by atoms with Gasteiger partial charge >= 0.3 is 0 Å². The Bertz CT molecular complexity index is 1090. The van der Waals surface area contributed by atoms with Crippen LogP contribution < -0.4 is 0 Å². The minimum atomic E-state index is -0.538. The van der Waals surface area contributed by atoms with Gasteiger partial charge in [0.05, 0.1) is 0 Å². The number of amides is 2. The van der Waals surface area contributed by atoms with Gasteiger partial charge in [-0.3, -0.25) is 19.7 Å². The van der Waals surface area contributed by atoms with Crippen molar-refractivity contribution in [2.45, 2.75) is 45.6 Å². The lowest BCUT2D eigenvalue weighted by Crippen LogP contribution is -2.59. The third-order valence-electron chi connectivity index (χ3n) is 6.17. The second-order valence-corrected chi connectivity index (χ2v) is 8.84. The first-order valence-corrected chi connectivity index (χ1v) is 11.6. The molecule has 2 aromatic heterocycles. The fourth-order valence-corrected chi connectivity index (χ4v) is 4.26. The molecular weight excluding hydrogens is 414 g/mol. The average Bonchev–Trinajstić information content (AvgIpc) is 3.33. The summed E-state index contributed by atoms with van der Waals surface area (Å²) in [7, 11) is 0. The zero-order valence-corrected chi connectivity index (χ0v) is 19.5. The molecule has 1 saturated heterocycles. The molecule has 0 saturated carbocycles. The van der Waals surface area contributed by atoms with E-state index in [-0.39, 0.29) is 17.7 Å². The van der Waals surface area contributed by atoms with E-state index < -0.39 is 6.04 Å². The van der Waals surface area contributed by atoms with Crippen LogP contribution in [-0.2, 0) is 11.2 Å². The summed E-state index contributed by atoms with van der Waals surface area (Å²) in [5.41, 5.74) is 4.49. The van der Waals surface area contributed by atoms with Crippen LogP contribution in [0.5, 0.6) is 0 Å². The van der Waals surface area contributed by atoms with E-state index in [4.69, 9.17) is 0 Å². The van der Waals surface area contributed by atoms with Crippen LogP contribution >= 0.6 is 0 Å². The number of piperazine rings is 1. The maximum atomic E-state index is 13.4. The van der Waals surface area contributed by atoms with Crippen LogP contribution in [0, 0.1) is 0 Å². The van der Waals surface area contributed by atoms with Crippen LogP contribution in [0.3, 0.4) is 0 Å². The van der Waals surface area contributed by atoms with E-state index in [2.05, 4.69) is 34.2 Å². The topological polar surface area (TPSA) is 82.2 Å². The summed E-state index contributed by atoms with van der Waals surface area (Å²) < 4.78 is 0. The first kappa shape index (κ1) is 22.7. The zero-order chi connectivity index (χ0) is 23.4. The summed E-state index contributed by atoms with van der Waals surface area (Å²) >= 11 is 0. The number of hydrogen-bond acceptors (Lipinski definition) is 4. The van der Waals surface area contributed by atoms with Gasteiger partial charge in [0.25, 0.3) is 5.91 Å². The Balaban J connectivity index is 1.57. The van der Waals surface area contributed by atoms with Crippen LogP contribution in [0.15, 0.2) is 54.9 Å². The second-order valence-electron chi connectivity index (χ2n) is 8.84. The number of H-pyrrole nitrogens is 1. The van der Waals surface area contributed by atoms with Crippen LogP contribution in [0.1, 0.15) is 54.9 Å². The molecule has 1 fully saturated rings. The highest BCUT2D eigenvalue weighted by Crippen LogP contribution is 2.23. The third-order valence-corrected chi connectivity index (χ3v) is 6.17. The minimum Gasteiger partial charge on any atom is -0.339 e. The molecule has 0 aliphatic carbocycles. The normalized spacial score (nSPS) is 16.5. The Kier molecular flexibility index (Phi) is 6.87. The van der Waals surface area contributed by atoms with E-state index in [0.29, 0.717) is 31.7 Å². The van der Waals surface area contributed by atoms with Crippen molar-refractivity contribution in [2.75, 3.05) is 19.6 Å². The molecule has 4 rings (SSSR count). The Morgan fingerprint density at radius 2 is 1.79 bits per heavy atom. The standard InChI is InChI=1S/C26H31N5O2/c1-4-13-30-14-15-31(25(32)23-17-22(18(2)3)28-29-23)24(26(30)33)16-19-5-7-20(8-6-19)21-9-11-27-12-10-21/h5-12,17-18,24H,4,13-16H2,1-3H3,(H,28,29)/t24-/m1/s1. The van der Waals surface area contributed by atoms with Crippen molar-refractivity contribution in [3.05, 3.63) is 71.8 Å². The Morgan fingerprint density at radius 1 is 1.09 bits per heavy atom. The first-order chi connectivity index (χ1) is 16.0. The fraction of sp³-hybridized carbons (Fsp3) is 0.385. The lowest BCUT2D eigenvalue weighted by molar-refractivity contribution is -0.140. The van der Waals surface area contributed by atoms with Gasteiger partial charge in [-0.05, 0) is 47.2 Å². The van der Waals surface area contributed by atoms with Crippen molar-refractivity contribution in [2.24, 2.45) is 0 Å². The molecule has 0 unspecified atom stereocenters. The number of carbonyl (C=O) groups is 2. The van der Waals surface area contributed by atoms with Gasteiger partial charge < -0.3 is 9.80 Å². The highest BCUT2D eigenvalue weighted by atomic mass is 16.2. The van der Waals surface area contributed by atoms with Crippen LogP contribution in [-0.4, -0.2) is 62.5 Å². The quantitative estimate of drug-likeness (QED) is 0.598. The highest BCUT2D eigenvalue weighted by Gasteiger charge is 2.38. The number of rotatable bonds is 7. The molecule has 7 nitrogen and oxygen atoms in total. The maximum Gasteiger partial charge on any atom is 0.275 e. The van der Waals surface area contributed by atoms with E-state index in [0.717, 1.165) is 28.8 Å². The van der Waals surface area contributed by atoms with Crippen LogP contribution in [0.4, 0.5) is 0 Å². The minimum absolute atomic E-state index is 0.00859. The molecule has 0 radical (unpaired) electrons. The summed E-state index contributed by atoms with van der Waals surface area (Å²) in [6, 6.07) is 13.4. The number of carbonyl (C=O) groups excluding carboxylic acids is 2. The number of aromatic amines is 1. The number of hydrogen-bond donors (Lipinski definition) is 1. The monoisotopic (exact) mass is 445 g/mol. The Morgan fingerprint density at radius 3 is 2.42 bits per heavy atom. The molecule has 33 heavy (non-hydrogen) atoms. The van der Waals surface area contributed by atoms with Crippen molar-refractivity contribution in [1.29, 1.82) is 0 Å². The largest absolute Gasteiger partial charge is 0.339 e. The number of benzene rings is 1. The number of nitrogens with one attached hydrogen (secondary N) is 1. The number of pyridine rings is 1. The van der Waals surface area contributed by atoms with Gasteiger partial charge in [-0.25, -0.2) is 0 Å². The molecule has 7 heteroatoms. The molecular formula is C26H31N5O2. The van der Waals surface area contributed by atoms with E-state index in [1.54, 1.807) is 23.4 Å². The fourth-order valence-electron chi connectivity index (χ4n) is 4.26. The molecule has 0 bridgehead atoms. The molecule has 172 valence electrons. The lowest BCUT2D eigenvalue weighted by atomic mass is 9.98. The predicted molar refractivity (Wildman–Crippen MR) is 128 cm³/mol. The van der Waals surface area contributed by atoms with Crippen molar-refractivity contribution < 1.29 is 9.59 Å². The SMILES string of the molecule is CCCN1CCN(C(=O)c2cc(C(C)C)[nH]n2)[C@H](Cc2ccc(-c3ccncc3)cc2)C1=O.